The molecule has 0 aromatic heterocycles. The summed E-state index contributed by atoms with van der Waals surface area (Å²) >= 11 is 1.88. The Bertz CT molecular complexity index is 551. The predicted octanol–water partition coefficient (Wildman–Crippen LogP) is 4.03. The van der Waals surface area contributed by atoms with Crippen LogP contribution in [0.15, 0.2) is 29.3 Å². The van der Waals surface area contributed by atoms with E-state index in [9.17, 15) is 4.79 Å². The smallest absolute Gasteiger partial charge is 0.251 e. The Labute approximate surface area is 186 Å². The van der Waals surface area contributed by atoms with Crippen molar-refractivity contribution in [1.29, 1.82) is 0 Å². The van der Waals surface area contributed by atoms with Gasteiger partial charge in [-0.05, 0) is 62.8 Å². The lowest BCUT2D eigenvalue weighted by Crippen LogP contribution is -2.37. The van der Waals surface area contributed by atoms with Crippen molar-refractivity contribution in [3.8, 4) is 0 Å². The fraction of sp³-hybridized carbons (Fsp3) is 0.600. The quantitative estimate of drug-likeness (QED) is 0.184. The minimum atomic E-state index is -0.0188. The van der Waals surface area contributed by atoms with E-state index in [0.717, 1.165) is 37.5 Å². The molecule has 154 valence electrons. The van der Waals surface area contributed by atoms with E-state index < -0.39 is 0 Å². The summed E-state index contributed by atoms with van der Waals surface area (Å²) in [6, 6.07) is 7.86. The fourth-order valence-electron chi connectivity index (χ4n) is 2.26. The number of benzene rings is 1. The lowest BCUT2D eigenvalue weighted by Gasteiger charge is -2.12. The second-order valence-corrected chi connectivity index (χ2v) is 7.29. The fourth-order valence-corrected chi connectivity index (χ4v) is 2.75. The minimum absolute atomic E-state index is 0. The Morgan fingerprint density at radius 3 is 2.44 bits per heavy atom. The van der Waals surface area contributed by atoms with Crippen molar-refractivity contribution in [1.82, 2.24) is 16.0 Å². The maximum Gasteiger partial charge on any atom is 0.251 e. The molecule has 0 radical (unpaired) electrons. The highest BCUT2D eigenvalue weighted by Crippen LogP contribution is 2.07. The summed E-state index contributed by atoms with van der Waals surface area (Å²) < 4.78 is 0. The molecule has 0 saturated carbocycles. The van der Waals surface area contributed by atoms with Gasteiger partial charge in [0.15, 0.2) is 5.96 Å². The van der Waals surface area contributed by atoms with Crippen LogP contribution in [0.4, 0.5) is 0 Å². The van der Waals surface area contributed by atoms with Crippen molar-refractivity contribution in [3.05, 3.63) is 35.4 Å². The van der Waals surface area contributed by atoms with E-state index in [2.05, 4.69) is 41.0 Å². The van der Waals surface area contributed by atoms with Crippen LogP contribution in [-0.2, 0) is 6.54 Å². The second kappa shape index (κ2) is 16.0. The second-order valence-electron chi connectivity index (χ2n) is 6.30. The Kier molecular flexibility index (Phi) is 15.5. The van der Waals surface area contributed by atoms with Crippen LogP contribution in [0.25, 0.3) is 0 Å². The number of nitrogens with one attached hydrogen (secondary N) is 3. The molecule has 1 aromatic carbocycles. The molecule has 0 aliphatic heterocycles. The molecule has 1 atom stereocenters. The molecule has 0 saturated heterocycles. The summed E-state index contributed by atoms with van der Waals surface area (Å²) in [7, 11) is 0. The molecule has 0 fully saturated rings. The molecule has 0 aliphatic rings. The number of rotatable bonds is 11. The monoisotopic (exact) mass is 506 g/mol. The van der Waals surface area contributed by atoms with Gasteiger partial charge in [0, 0.05) is 24.7 Å². The average molecular weight is 506 g/mol. The number of halogens is 1. The van der Waals surface area contributed by atoms with Crippen LogP contribution in [-0.4, -0.2) is 43.0 Å². The molecule has 1 unspecified atom stereocenters. The largest absolute Gasteiger partial charge is 0.357 e. The molecule has 7 heteroatoms. The predicted molar refractivity (Wildman–Crippen MR) is 130 cm³/mol. The van der Waals surface area contributed by atoms with E-state index in [1.807, 2.05) is 43.0 Å². The van der Waals surface area contributed by atoms with Crippen LogP contribution < -0.4 is 16.0 Å². The number of unbranched alkanes of at least 4 members (excludes halogenated alkanes) is 1. The van der Waals surface area contributed by atoms with Gasteiger partial charge in [0.05, 0.1) is 6.54 Å². The van der Waals surface area contributed by atoms with Gasteiger partial charge in [-0.2, -0.15) is 11.8 Å². The number of guanidine groups is 1. The van der Waals surface area contributed by atoms with Crippen LogP contribution in [0.3, 0.4) is 0 Å². The van der Waals surface area contributed by atoms with Crippen molar-refractivity contribution in [2.45, 2.75) is 52.6 Å². The maximum atomic E-state index is 12.1. The van der Waals surface area contributed by atoms with Gasteiger partial charge in [0.25, 0.3) is 5.91 Å². The number of nitrogens with zero attached hydrogens (tertiary/aromatic N) is 1. The number of hydrogen-bond donors (Lipinski definition) is 3. The highest BCUT2D eigenvalue weighted by molar-refractivity contribution is 14.0. The molecule has 0 aliphatic carbocycles. The number of aliphatic imine (C=N–C) groups is 1. The summed E-state index contributed by atoms with van der Waals surface area (Å²) in [5, 5.41) is 9.63. The summed E-state index contributed by atoms with van der Waals surface area (Å²) in [4.78, 5) is 16.7. The van der Waals surface area contributed by atoms with Gasteiger partial charge < -0.3 is 16.0 Å². The van der Waals surface area contributed by atoms with Gasteiger partial charge in [-0.1, -0.05) is 19.1 Å². The first kappa shape index (κ1) is 26.0. The molecule has 0 spiro atoms. The molecular weight excluding hydrogens is 471 g/mol. The molecular formula is C20H35IN4OS. The number of carbonyl (C=O) groups is 1. The third kappa shape index (κ3) is 11.5. The van der Waals surface area contributed by atoms with E-state index in [0.29, 0.717) is 12.1 Å². The summed E-state index contributed by atoms with van der Waals surface area (Å²) in [5.41, 5.74) is 1.78. The van der Waals surface area contributed by atoms with Crippen molar-refractivity contribution >= 4 is 47.6 Å². The standard InChI is InChI=1S/C20H34N4OS.HI/c1-5-16(3)24-19(25)18-11-9-17(10-12-18)15-23-20(21-6-2)22-13-7-8-14-26-4;/h9-12,16H,5-8,13-15H2,1-4H3,(H,24,25)(H2,21,22,23);1H. The Balaban J connectivity index is 0.00000676. The van der Waals surface area contributed by atoms with Gasteiger partial charge in [-0.15, -0.1) is 24.0 Å². The zero-order valence-electron chi connectivity index (χ0n) is 17.0. The van der Waals surface area contributed by atoms with Crippen molar-refractivity contribution in [3.63, 3.8) is 0 Å². The Morgan fingerprint density at radius 1 is 1.15 bits per heavy atom. The first-order valence-electron chi connectivity index (χ1n) is 9.51. The van der Waals surface area contributed by atoms with Crippen LogP contribution >= 0.6 is 35.7 Å². The van der Waals surface area contributed by atoms with E-state index in [1.54, 1.807) is 0 Å². The number of hydrogen-bond acceptors (Lipinski definition) is 3. The molecule has 0 heterocycles. The number of amides is 1. The van der Waals surface area contributed by atoms with Crippen LogP contribution in [0.5, 0.6) is 0 Å². The van der Waals surface area contributed by atoms with E-state index >= 15 is 0 Å². The normalized spacial score (nSPS) is 12.1. The average Bonchev–Trinajstić information content (AvgIpc) is 2.66. The van der Waals surface area contributed by atoms with Crippen molar-refractivity contribution in [2.75, 3.05) is 25.1 Å². The van der Waals surface area contributed by atoms with Gasteiger partial charge in [-0.3, -0.25) is 4.79 Å². The zero-order valence-corrected chi connectivity index (χ0v) is 20.2. The van der Waals surface area contributed by atoms with Crippen LogP contribution in [0, 0.1) is 0 Å². The topological polar surface area (TPSA) is 65.5 Å². The molecule has 1 aromatic rings. The molecule has 3 N–H and O–H groups in total. The SMILES string of the molecule is CCNC(=NCc1ccc(C(=O)NC(C)CC)cc1)NCCCCSC.I. The van der Waals surface area contributed by atoms with Crippen molar-refractivity contribution < 1.29 is 4.79 Å². The summed E-state index contributed by atoms with van der Waals surface area (Å²) in [6.45, 7) is 8.50. The maximum absolute atomic E-state index is 12.1. The summed E-state index contributed by atoms with van der Waals surface area (Å²) in [6.07, 6.45) is 5.42. The molecule has 5 nitrogen and oxygen atoms in total. The summed E-state index contributed by atoms with van der Waals surface area (Å²) in [5.74, 6) is 2.02. The first-order chi connectivity index (χ1) is 12.6. The molecule has 1 amide bonds. The molecule has 1 rings (SSSR count). The number of thioether (sulfide) groups is 1. The van der Waals surface area contributed by atoms with E-state index in [4.69, 9.17) is 0 Å². The van der Waals surface area contributed by atoms with E-state index in [1.165, 1.54) is 12.2 Å². The highest BCUT2D eigenvalue weighted by atomic mass is 127. The van der Waals surface area contributed by atoms with Crippen molar-refractivity contribution in [2.24, 2.45) is 4.99 Å². The van der Waals surface area contributed by atoms with Crippen LogP contribution in [0.1, 0.15) is 56.0 Å². The third-order valence-electron chi connectivity index (χ3n) is 4.04. The lowest BCUT2D eigenvalue weighted by molar-refractivity contribution is 0.0939. The third-order valence-corrected chi connectivity index (χ3v) is 4.73. The van der Waals surface area contributed by atoms with E-state index in [-0.39, 0.29) is 35.9 Å². The lowest BCUT2D eigenvalue weighted by atomic mass is 10.1. The highest BCUT2D eigenvalue weighted by Gasteiger charge is 2.08. The molecule has 27 heavy (non-hydrogen) atoms. The van der Waals surface area contributed by atoms with Crippen LogP contribution in [0.2, 0.25) is 0 Å². The first-order valence-corrected chi connectivity index (χ1v) is 10.9. The Hall–Kier alpha value is -0.960. The minimum Gasteiger partial charge on any atom is -0.357 e. The number of carbonyl (C=O) groups excluding carboxylic acids is 1. The van der Waals surface area contributed by atoms with Gasteiger partial charge in [0.2, 0.25) is 0 Å². The zero-order chi connectivity index (χ0) is 19.2. The van der Waals surface area contributed by atoms with Gasteiger partial charge >= 0.3 is 0 Å². The molecule has 0 bridgehead atoms. The van der Waals surface area contributed by atoms with Gasteiger partial charge in [0.1, 0.15) is 0 Å². The Morgan fingerprint density at radius 2 is 1.85 bits per heavy atom. The van der Waals surface area contributed by atoms with Gasteiger partial charge in [-0.25, -0.2) is 4.99 Å².